The minimum atomic E-state index is -1.19. The zero-order valence-corrected chi connectivity index (χ0v) is 10.5. The fraction of sp³-hybridized carbons (Fsp3) is 0.357. The molecule has 0 bridgehead atoms. The Morgan fingerprint density at radius 1 is 1.42 bits per heavy atom. The third-order valence-corrected chi connectivity index (χ3v) is 3.55. The zero-order valence-electron chi connectivity index (χ0n) is 10.5. The number of carboxylic acid groups (broad SMARTS) is 1. The molecular formula is C14H16N2O3. The number of aromatic amines is 1. The topological polar surface area (TPSA) is 65.6 Å². The summed E-state index contributed by atoms with van der Waals surface area (Å²) in [6.45, 7) is 1.55. The molecule has 1 aromatic carbocycles. The Bertz CT molecular complexity index is 593. The molecule has 2 aromatic rings. The molecule has 5 nitrogen and oxygen atoms in total. The lowest BCUT2D eigenvalue weighted by Crippen LogP contribution is -2.40. The van der Waals surface area contributed by atoms with Crippen LogP contribution in [0.25, 0.3) is 10.9 Å². The Morgan fingerprint density at radius 2 is 2.26 bits per heavy atom. The van der Waals surface area contributed by atoms with E-state index in [1.807, 2.05) is 24.4 Å². The minimum Gasteiger partial charge on any atom is -0.450 e. The Morgan fingerprint density at radius 3 is 3.11 bits per heavy atom. The van der Waals surface area contributed by atoms with Gasteiger partial charge in [-0.2, -0.15) is 0 Å². The second-order valence-electron chi connectivity index (χ2n) is 4.81. The highest BCUT2D eigenvalue weighted by Gasteiger charge is 2.24. The van der Waals surface area contributed by atoms with E-state index in [0.717, 1.165) is 30.6 Å². The summed E-state index contributed by atoms with van der Waals surface area (Å²) in [6, 6.07) is 8.11. The summed E-state index contributed by atoms with van der Waals surface area (Å²) < 4.78 is 4.90. The lowest BCUT2D eigenvalue weighted by molar-refractivity contribution is 0.0458. The monoisotopic (exact) mass is 260 g/mol. The number of benzene rings is 1. The molecule has 0 radical (unpaired) electrons. The molecule has 1 unspecified atom stereocenters. The highest BCUT2D eigenvalue weighted by Crippen LogP contribution is 2.29. The number of nitrogens with zero attached hydrogens (tertiary/aromatic N) is 1. The maximum Gasteiger partial charge on any atom is 0.506 e. The lowest BCUT2D eigenvalue weighted by atomic mass is 10.1. The first kappa shape index (κ1) is 11.9. The normalized spacial score (nSPS) is 19.6. The van der Waals surface area contributed by atoms with Crippen LogP contribution in [-0.4, -0.2) is 35.4 Å². The Hall–Kier alpha value is -2.17. The van der Waals surface area contributed by atoms with Gasteiger partial charge in [0.25, 0.3) is 0 Å². The van der Waals surface area contributed by atoms with Crippen LogP contribution in [0, 0.1) is 0 Å². The third-order valence-electron chi connectivity index (χ3n) is 3.55. The van der Waals surface area contributed by atoms with Gasteiger partial charge in [-0.25, -0.2) is 4.79 Å². The van der Waals surface area contributed by atoms with Gasteiger partial charge in [0, 0.05) is 23.6 Å². The molecule has 0 amide bonds. The van der Waals surface area contributed by atoms with E-state index in [1.54, 1.807) is 0 Å². The number of hydrogen-bond donors (Lipinski definition) is 2. The van der Waals surface area contributed by atoms with Gasteiger partial charge >= 0.3 is 6.16 Å². The fourth-order valence-corrected chi connectivity index (χ4v) is 2.71. The van der Waals surface area contributed by atoms with Crippen molar-refractivity contribution in [3.8, 4) is 0 Å². The Labute approximate surface area is 110 Å². The van der Waals surface area contributed by atoms with Gasteiger partial charge in [-0.1, -0.05) is 18.2 Å². The van der Waals surface area contributed by atoms with E-state index in [1.165, 1.54) is 5.39 Å². The lowest BCUT2D eigenvalue weighted by Gasteiger charge is -2.32. The van der Waals surface area contributed by atoms with Crippen molar-refractivity contribution in [1.29, 1.82) is 0 Å². The van der Waals surface area contributed by atoms with E-state index in [4.69, 9.17) is 9.84 Å². The number of anilines is 1. The highest BCUT2D eigenvalue weighted by molar-refractivity contribution is 5.92. The SMILES string of the molecule is O=C(O)OC1CCCN(c2c[nH]c3ccccc23)C1. The van der Waals surface area contributed by atoms with Gasteiger partial charge in [0.2, 0.25) is 0 Å². The van der Waals surface area contributed by atoms with Gasteiger partial charge in [0.1, 0.15) is 6.10 Å². The van der Waals surface area contributed by atoms with Crippen LogP contribution in [0.2, 0.25) is 0 Å². The maximum atomic E-state index is 10.6. The molecule has 1 atom stereocenters. The number of hydrogen-bond acceptors (Lipinski definition) is 3. The molecule has 0 saturated carbocycles. The first-order valence-electron chi connectivity index (χ1n) is 6.44. The predicted octanol–water partition coefficient (Wildman–Crippen LogP) is 2.83. The van der Waals surface area contributed by atoms with Crippen molar-refractivity contribution in [3.05, 3.63) is 30.5 Å². The van der Waals surface area contributed by atoms with Crippen molar-refractivity contribution < 1.29 is 14.6 Å². The molecule has 1 fully saturated rings. The van der Waals surface area contributed by atoms with Gasteiger partial charge < -0.3 is 19.7 Å². The molecule has 0 spiro atoms. The summed E-state index contributed by atoms with van der Waals surface area (Å²) in [4.78, 5) is 16.1. The van der Waals surface area contributed by atoms with Gasteiger partial charge in [-0.15, -0.1) is 0 Å². The maximum absolute atomic E-state index is 10.6. The largest absolute Gasteiger partial charge is 0.506 e. The predicted molar refractivity (Wildman–Crippen MR) is 72.6 cm³/mol. The number of carbonyl (C=O) groups is 1. The molecule has 0 aliphatic carbocycles. The summed E-state index contributed by atoms with van der Waals surface area (Å²) >= 11 is 0. The summed E-state index contributed by atoms with van der Waals surface area (Å²) in [5.74, 6) is 0. The van der Waals surface area contributed by atoms with Crippen molar-refractivity contribution in [2.24, 2.45) is 0 Å². The first-order chi connectivity index (χ1) is 9.24. The van der Waals surface area contributed by atoms with Crippen molar-refractivity contribution in [1.82, 2.24) is 4.98 Å². The van der Waals surface area contributed by atoms with E-state index < -0.39 is 6.16 Å². The van der Waals surface area contributed by atoms with E-state index in [0.29, 0.717) is 6.54 Å². The molecule has 19 heavy (non-hydrogen) atoms. The third kappa shape index (κ3) is 2.36. The zero-order chi connectivity index (χ0) is 13.2. The summed E-state index contributed by atoms with van der Waals surface area (Å²) in [7, 11) is 0. The van der Waals surface area contributed by atoms with E-state index in [-0.39, 0.29) is 6.10 Å². The molecule has 2 heterocycles. The van der Waals surface area contributed by atoms with Crippen LogP contribution in [0.15, 0.2) is 30.5 Å². The number of nitrogens with one attached hydrogen (secondary N) is 1. The Balaban J connectivity index is 1.83. The van der Waals surface area contributed by atoms with Crippen LogP contribution < -0.4 is 4.90 Å². The summed E-state index contributed by atoms with van der Waals surface area (Å²) in [5, 5.41) is 9.87. The second-order valence-corrected chi connectivity index (χ2v) is 4.81. The number of para-hydroxylation sites is 1. The van der Waals surface area contributed by atoms with Crippen molar-refractivity contribution >= 4 is 22.7 Å². The van der Waals surface area contributed by atoms with E-state index in [9.17, 15) is 4.79 Å². The van der Waals surface area contributed by atoms with Crippen LogP contribution in [0.3, 0.4) is 0 Å². The average molecular weight is 260 g/mol. The number of rotatable bonds is 2. The average Bonchev–Trinajstić information content (AvgIpc) is 2.82. The van der Waals surface area contributed by atoms with Gasteiger partial charge in [0.05, 0.1) is 12.2 Å². The van der Waals surface area contributed by atoms with Crippen LogP contribution in [0.1, 0.15) is 12.8 Å². The highest BCUT2D eigenvalue weighted by atomic mass is 16.7. The molecule has 1 aromatic heterocycles. The standard InChI is InChI=1S/C14H16N2O3/c17-14(18)19-10-4-3-7-16(9-10)13-8-15-12-6-2-1-5-11(12)13/h1-2,5-6,8,10,15H,3-4,7,9H2,(H,17,18). The molecule has 1 aliphatic rings. The first-order valence-corrected chi connectivity index (χ1v) is 6.44. The molecule has 100 valence electrons. The molecular weight excluding hydrogens is 244 g/mol. The molecule has 1 saturated heterocycles. The van der Waals surface area contributed by atoms with E-state index >= 15 is 0 Å². The number of piperidine rings is 1. The van der Waals surface area contributed by atoms with E-state index in [2.05, 4.69) is 16.0 Å². The fourth-order valence-electron chi connectivity index (χ4n) is 2.71. The van der Waals surface area contributed by atoms with Crippen molar-refractivity contribution in [2.75, 3.05) is 18.0 Å². The van der Waals surface area contributed by atoms with Crippen molar-refractivity contribution in [2.45, 2.75) is 18.9 Å². The van der Waals surface area contributed by atoms with Crippen molar-refractivity contribution in [3.63, 3.8) is 0 Å². The quantitative estimate of drug-likeness (QED) is 0.815. The summed E-state index contributed by atoms with van der Waals surface area (Å²) in [5.41, 5.74) is 2.22. The molecule has 3 rings (SSSR count). The smallest absolute Gasteiger partial charge is 0.450 e. The number of fused-ring (bicyclic) bond motifs is 1. The number of ether oxygens (including phenoxy) is 1. The Kier molecular flexibility index (Phi) is 3.03. The summed E-state index contributed by atoms with van der Waals surface area (Å²) in [6.07, 6.45) is 2.29. The van der Waals surface area contributed by atoms with Crippen LogP contribution >= 0.6 is 0 Å². The molecule has 2 N–H and O–H groups in total. The number of H-pyrrole nitrogens is 1. The van der Waals surface area contributed by atoms with Crippen LogP contribution in [0.5, 0.6) is 0 Å². The minimum absolute atomic E-state index is 0.236. The van der Waals surface area contributed by atoms with Gasteiger partial charge in [-0.05, 0) is 18.9 Å². The number of aromatic nitrogens is 1. The van der Waals surface area contributed by atoms with Crippen LogP contribution in [0.4, 0.5) is 10.5 Å². The molecule has 5 heteroatoms. The second kappa shape index (κ2) is 4.84. The molecule has 1 aliphatic heterocycles. The van der Waals surface area contributed by atoms with Gasteiger partial charge in [-0.3, -0.25) is 0 Å². The van der Waals surface area contributed by atoms with Gasteiger partial charge in [0.15, 0.2) is 0 Å². The van der Waals surface area contributed by atoms with Crippen LogP contribution in [-0.2, 0) is 4.74 Å².